The van der Waals surface area contributed by atoms with Crippen molar-refractivity contribution in [2.45, 2.75) is 45.2 Å². The number of rotatable bonds is 4. The maximum absolute atomic E-state index is 14.5. The van der Waals surface area contributed by atoms with Crippen LogP contribution in [0.2, 0.25) is 0 Å². The average Bonchev–Trinajstić information content (AvgIpc) is 3.47. The Kier molecular flexibility index (Phi) is 6.01. The summed E-state index contributed by atoms with van der Waals surface area (Å²) in [7, 11) is 0. The van der Waals surface area contributed by atoms with Crippen molar-refractivity contribution < 1.29 is 13.9 Å². The molecule has 0 fully saturated rings. The molecule has 1 aliphatic heterocycles. The van der Waals surface area contributed by atoms with Gasteiger partial charge in [-0.3, -0.25) is 0 Å². The van der Waals surface area contributed by atoms with Crippen LogP contribution in [0.15, 0.2) is 66.9 Å². The molecule has 7 heteroatoms. The molecule has 0 bridgehead atoms. The summed E-state index contributed by atoms with van der Waals surface area (Å²) in [6.07, 6.45) is 6.58. The number of ether oxygens (including phenoxy) is 1. The van der Waals surface area contributed by atoms with Gasteiger partial charge < -0.3 is 19.5 Å². The van der Waals surface area contributed by atoms with Gasteiger partial charge in [-0.15, -0.1) is 11.3 Å². The van der Waals surface area contributed by atoms with Crippen LogP contribution in [0.3, 0.4) is 0 Å². The Labute approximate surface area is 214 Å². The fourth-order valence-electron chi connectivity index (χ4n) is 5.43. The van der Waals surface area contributed by atoms with E-state index in [1.165, 1.54) is 33.5 Å². The van der Waals surface area contributed by atoms with Gasteiger partial charge in [0.05, 0.1) is 30.6 Å². The zero-order chi connectivity index (χ0) is 24.6. The van der Waals surface area contributed by atoms with E-state index in [1.54, 1.807) is 18.2 Å². The number of carbonyl (C=O) groups excluding carboxylic acids is 1. The molecule has 0 unspecified atom stereocenters. The van der Waals surface area contributed by atoms with Crippen LogP contribution in [-0.4, -0.2) is 22.1 Å². The number of anilines is 1. The summed E-state index contributed by atoms with van der Waals surface area (Å²) in [6.45, 7) is 2.97. The molecule has 36 heavy (non-hydrogen) atoms. The Bertz CT molecular complexity index is 1430. The van der Waals surface area contributed by atoms with Crippen LogP contribution in [0.4, 0.5) is 14.9 Å². The molecule has 0 spiro atoms. The minimum Gasteiger partial charge on any atom is -0.494 e. The van der Waals surface area contributed by atoms with Crippen molar-refractivity contribution in [1.82, 2.24) is 9.47 Å². The third-order valence-corrected chi connectivity index (χ3v) is 8.37. The maximum atomic E-state index is 14.5. The van der Waals surface area contributed by atoms with Crippen molar-refractivity contribution in [2.75, 3.05) is 11.9 Å². The van der Waals surface area contributed by atoms with Crippen LogP contribution in [-0.2, 0) is 19.4 Å². The number of amides is 2. The number of thiophene rings is 1. The standard InChI is InChI=1S/C29H28FN3O2S/c1-2-35-20-10-7-9-19(17-20)27-25-14-8-16-32(25)28-22(21-11-3-6-15-26(21)36-28)18-33(27)29(34)31-24-13-5-4-12-23(24)30/h4-5,7-10,12-14,16-17,27H,2-3,6,11,15,18H2,1H3,(H,31,34)/t27-/m1/s1. The summed E-state index contributed by atoms with van der Waals surface area (Å²) in [6, 6.07) is 17.6. The fraction of sp³-hybridized carbons (Fsp3) is 0.276. The zero-order valence-electron chi connectivity index (χ0n) is 20.2. The lowest BCUT2D eigenvalue weighted by atomic mass is 9.95. The lowest BCUT2D eigenvalue weighted by Crippen LogP contribution is -2.38. The van der Waals surface area contributed by atoms with Crippen molar-refractivity contribution in [1.29, 1.82) is 0 Å². The molecule has 184 valence electrons. The lowest BCUT2D eigenvalue weighted by Gasteiger charge is -2.31. The molecule has 0 radical (unpaired) electrons. The molecule has 3 heterocycles. The first-order chi connectivity index (χ1) is 17.6. The maximum Gasteiger partial charge on any atom is 0.323 e. The van der Waals surface area contributed by atoms with Crippen LogP contribution in [0.1, 0.15) is 53.1 Å². The molecular formula is C29H28FN3O2S. The van der Waals surface area contributed by atoms with Crippen LogP contribution in [0.25, 0.3) is 5.00 Å². The first kappa shape index (κ1) is 22.9. The summed E-state index contributed by atoms with van der Waals surface area (Å²) in [5.41, 5.74) is 4.72. The highest BCUT2D eigenvalue weighted by molar-refractivity contribution is 7.15. The third kappa shape index (κ3) is 3.97. The first-order valence-corrected chi connectivity index (χ1v) is 13.3. The minimum atomic E-state index is -0.451. The van der Waals surface area contributed by atoms with E-state index in [4.69, 9.17) is 4.74 Å². The summed E-state index contributed by atoms with van der Waals surface area (Å²) in [5, 5.41) is 4.04. The Morgan fingerprint density at radius 2 is 1.94 bits per heavy atom. The fourth-order valence-corrected chi connectivity index (χ4v) is 6.83. The number of aryl methyl sites for hydroxylation is 1. The van der Waals surface area contributed by atoms with Gasteiger partial charge in [0.25, 0.3) is 0 Å². The number of hydrogen-bond donors (Lipinski definition) is 1. The number of fused-ring (bicyclic) bond motifs is 5. The lowest BCUT2D eigenvalue weighted by molar-refractivity contribution is 0.194. The van der Waals surface area contributed by atoms with Crippen molar-refractivity contribution in [3.63, 3.8) is 0 Å². The number of aromatic nitrogens is 1. The van der Waals surface area contributed by atoms with Crippen molar-refractivity contribution in [3.05, 3.63) is 99.9 Å². The predicted octanol–water partition coefficient (Wildman–Crippen LogP) is 7.09. The Morgan fingerprint density at radius 3 is 2.81 bits per heavy atom. The smallest absolute Gasteiger partial charge is 0.323 e. The van der Waals surface area contributed by atoms with E-state index < -0.39 is 5.82 Å². The van der Waals surface area contributed by atoms with Crippen LogP contribution in [0.5, 0.6) is 5.75 Å². The summed E-state index contributed by atoms with van der Waals surface area (Å²) in [5.74, 6) is 0.312. The SMILES string of the molecule is CCOc1cccc([C@@H]2c3cccn3-c3sc4c(c3CN2C(=O)Nc2ccccc2F)CCCC4)c1. The van der Waals surface area contributed by atoms with Gasteiger partial charge >= 0.3 is 6.03 Å². The number of urea groups is 1. The second-order valence-electron chi connectivity index (χ2n) is 9.24. The molecule has 2 aliphatic rings. The Hall–Kier alpha value is -3.58. The van der Waals surface area contributed by atoms with Gasteiger partial charge in [0.1, 0.15) is 16.6 Å². The van der Waals surface area contributed by atoms with E-state index in [0.717, 1.165) is 36.3 Å². The summed E-state index contributed by atoms with van der Waals surface area (Å²) < 4.78 is 22.5. The topological polar surface area (TPSA) is 46.5 Å². The normalized spacial score (nSPS) is 16.5. The molecule has 5 nitrogen and oxygen atoms in total. The van der Waals surface area contributed by atoms with Gasteiger partial charge in [-0.1, -0.05) is 24.3 Å². The second-order valence-corrected chi connectivity index (χ2v) is 10.3. The van der Waals surface area contributed by atoms with Gasteiger partial charge in [0.2, 0.25) is 0 Å². The molecule has 4 aromatic rings. The minimum absolute atomic E-state index is 0.177. The Balaban J connectivity index is 1.50. The third-order valence-electron chi connectivity index (χ3n) is 7.04. The molecule has 1 atom stereocenters. The van der Waals surface area contributed by atoms with E-state index in [0.29, 0.717) is 13.2 Å². The van der Waals surface area contributed by atoms with Gasteiger partial charge in [-0.25, -0.2) is 9.18 Å². The highest BCUT2D eigenvalue weighted by atomic mass is 32.1. The number of nitrogens with one attached hydrogen (secondary N) is 1. The quantitative estimate of drug-likeness (QED) is 0.324. The number of carbonyl (C=O) groups is 1. The second kappa shape index (κ2) is 9.47. The number of nitrogens with zero attached hydrogens (tertiary/aromatic N) is 2. The number of benzene rings is 2. The van der Waals surface area contributed by atoms with E-state index in [-0.39, 0.29) is 17.8 Å². The van der Waals surface area contributed by atoms with Crippen molar-refractivity contribution in [3.8, 4) is 10.8 Å². The monoisotopic (exact) mass is 501 g/mol. The molecule has 2 aromatic carbocycles. The summed E-state index contributed by atoms with van der Waals surface area (Å²) in [4.78, 5) is 17.2. The largest absolute Gasteiger partial charge is 0.494 e. The van der Waals surface area contributed by atoms with E-state index in [2.05, 4.69) is 22.1 Å². The first-order valence-electron chi connectivity index (χ1n) is 12.5. The van der Waals surface area contributed by atoms with Gasteiger partial charge in [-0.05, 0) is 80.1 Å². The van der Waals surface area contributed by atoms with Crippen molar-refractivity contribution >= 4 is 23.1 Å². The molecule has 6 rings (SSSR count). The molecule has 0 saturated heterocycles. The van der Waals surface area contributed by atoms with Crippen LogP contribution >= 0.6 is 11.3 Å². The zero-order valence-corrected chi connectivity index (χ0v) is 21.0. The highest BCUT2D eigenvalue weighted by Gasteiger charge is 2.36. The Morgan fingerprint density at radius 1 is 1.08 bits per heavy atom. The van der Waals surface area contributed by atoms with E-state index in [9.17, 15) is 9.18 Å². The van der Waals surface area contributed by atoms with E-state index >= 15 is 0 Å². The van der Waals surface area contributed by atoms with Crippen LogP contribution < -0.4 is 10.1 Å². The summed E-state index contributed by atoms with van der Waals surface area (Å²) >= 11 is 1.85. The van der Waals surface area contributed by atoms with E-state index in [1.807, 2.05) is 53.5 Å². The molecule has 1 N–H and O–H groups in total. The molecule has 0 saturated carbocycles. The van der Waals surface area contributed by atoms with Gasteiger partial charge in [0.15, 0.2) is 0 Å². The molecule has 2 amide bonds. The molecule has 2 aromatic heterocycles. The average molecular weight is 502 g/mol. The number of para-hydroxylation sites is 1. The molecule has 1 aliphatic carbocycles. The van der Waals surface area contributed by atoms with Crippen molar-refractivity contribution in [2.24, 2.45) is 0 Å². The van der Waals surface area contributed by atoms with Crippen LogP contribution in [0, 0.1) is 5.82 Å². The highest BCUT2D eigenvalue weighted by Crippen LogP contribution is 2.44. The molecular weight excluding hydrogens is 473 g/mol. The van der Waals surface area contributed by atoms with Gasteiger partial charge in [-0.2, -0.15) is 0 Å². The predicted molar refractivity (Wildman–Crippen MR) is 141 cm³/mol. The number of halogens is 1. The number of hydrogen-bond acceptors (Lipinski definition) is 3. The van der Waals surface area contributed by atoms with Gasteiger partial charge in [0, 0.05) is 16.6 Å².